The van der Waals surface area contributed by atoms with Crippen LogP contribution in [0.5, 0.6) is 0 Å². The van der Waals surface area contributed by atoms with Crippen LogP contribution in [0.4, 0.5) is 13.2 Å². The van der Waals surface area contributed by atoms with E-state index in [2.05, 4.69) is 25.9 Å². The highest BCUT2D eigenvalue weighted by Crippen LogP contribution is 2.33. The highest BCUT2D eigenvalue weighted by Gasteiger charge is 2.31. The van der Waals surface area contributed by atoms with Crippen molar-refractivity contribution in [2.75, 3.05) is 0 Å². The van der Waals surface area contributed by atoms with Gasteiger partial charge >= 0.3 is 6.18 Å². The molecule has 138 valence electrons. The average molecular weight is 370 g/mol. The first-order chi connectivity index (χ1) is 11.3. The fraction of sp³-hybridized carbons (Fsp3) is 0.500. The fourth-order valence-electron chi connectivity index (χ4n) is 2.47. The Morgan fingerprint density at radius 1 is 1.00 bits per heavy atom. The van der Waals surface area contributed by atoms with Crippen molar-refractivity contribution < 1.29 is 17.6 Å². The van der Waals surface area contributed by atoms with Gasteiger partial charge in [-0.3, -0.25) is 4.68 Å². The maximum Gasteiger partial charge on any atom is 0.416 e. The molecule has 0 atom stereocenters. The number of halogens is 3. The molecule has 0 spiro atoms. The van der Waals surface area contributed by atoms with Crippen molar-refractivity contribution in [3.05, 3.63) is 41.6 Å². The standard InChI is InChI=1S/C18H25F3N2OSi/c1-16(2,3)25-24-17(4,5)15-11-14(22-23(15)6)12-7-9-13(10-8-12)18(19,20)21/h7-11H,25H2,1-6H3. The Labute approximate surface area is 149 Å². The van der Waals surface area contributed by atoms with Gasteiger partial charge in [-0.2, -0.15) is 18.3 Å². The maximum atomic E-state index is 12.7. The molecule has 1 heterocycles. The van der Waals surface area contributed by atoms with Crippen LogP contribution < -0.4 is 0 Å². The van der Waals surface area contributed by atoms with Crippen LogP contribution in [0.3, 0.4) is 0 Å². The summed E-state index contributed by atoms with van der Waals surface area (Å²) >= 11 is 0. The predicted molar refractivity (Wildman–Crippen MR) is 96.0 cm³/mol. The Bertz CT molecular complexity index is 728. The molecule has 2 rings (SSSR count). The van der Waals surface area contributed by atoms with E-state index in [1.807, 2.05) is 27.0 Å². The molecule has 1 aromatic heterocycles. The largest absolute Gasteiger partial charge is 0.416 e. The molecule has 2 aromatic rings. The molecular formula is C18H25F3N2OSi. The number of benzene rings is 1. The lowest BCUT2D eigenvalue weighted by Crippen LogP contribution is -2.29. The Morgan fingerprint density at radius 2 is 1.56 bits per heavy atom. The molecule has 0 amide bonds. The van der Waals surface area contributed by atoms with Crippen LogP contribution in [0.2, 0.25) is 5.04 Å². The van der Waals surface area contributed by atoms with E-state index in [-0.39, 0.29) is 5.04 Å². The molecule has 1 aromatic carbocycles. The van der Waals surface area contributed by atoms with E-state index in [9.17, 15) is 13.2 Å². The summed E-state index contributed by atoms with van der Waals surface area (Å²) < 4.78 is 46.0. The molecule has 0 aliphatic heterocycles. The van der Waals surface area contributed by atoms with E-state index in [4.69, 9.17) is 4.43 Å². The van der Waals surface area contributed by atoms with Crippen LogP contribution in [0, 0.1) is 0 Å². The van der Waals surface area contributed by atoms with Gasteiger partial charge in [0.1, 0.15) is 0 Å². The van der Waals surface area contributed by atoms with Gasteiger partial charge in [0.25, 0.3) is 0 Å². The summed E-state index contributed by atoms with van der Waals surface area (Å²) in [7, 11) is 1.07. The van der Waals surface area contributed by atoms with Crippen molar-refractivity contribution >= 4 is 9.76 Å². The minimum atomic E-state index is -4.33. The number of aromatic nitrogens is 2. The van der Waals surface area contributed by atoms with Gasteiger partial charge < -0.3 is 4.43 Å². The normalized spacial score (nSPS) is 13.8. The van der Waals surface area contributed by atoms with Gasteiger partial charge in [-0.05, 0) is 37.1 Å². The SMILES string of the molecule is Cn1nc(-c2ccc(C(F)(F)F)cc2)cc1C(C)(C)O[SiH2]C(C)(C)C. The molecule has 0 N–H and O–H groups in total. The Balaban J connectivity index is 2.27. The maximum absolute atomic E-state index is 12.7. The molecule has 7 heteroatoms. The topological polar surface area (TPSA) is 27.1 Å². The van der Waals surface area contributed by atoms with E-state index in [0.717, 1.165) is 17.8 Å². The van der Waals surface area contributed by atoms with Gasteiger partial charge in [-0.1, -0.05) is 32.9 Å². The van der Waals surface area contributed by atoms with E-state index in [1.54, 1.807) is 4.68 Å². The van der Waals surface area contributed by atoms with Crippen LogP contribution in [0.1, 0.15) is 45.9 Å². The molecule has 0 saturated carbocycles. The van der Waals surface area contributed by atoms with Crippen molar-refractivity contribution in [2.45, 2.75) is 51.4 Å². The summed E-state index contributed by atoms with van der Waals surface area (Å²) in [5.41, 5.74) is 1.04. The lowest BCUT2D eigenvalue weighted by atomic mass is 10.0. The quantitative estimate of drug-likeness (QED) is 0.732. The summed E-state index contributed by atoms with van der Waals surface area (Å²) in [6.45, 7) is 10.5. The van der Waals surface area contributed by atoms with E-state index in [0.29, 0.717) is 11.3 Å². The molecule has 0 aliphatic rings. The van der Waals surface area contributed by atoms with Crippen molar-refractivity contribution in [1.29, 1.82) is 0 Å². The van der Waals surface area contributed by atoms with Crippen LogP contribution in [0.15, 0.2) is 30.3 Å². The Morgan fingerprint density at radius 3 is 2.04 bits per heavy atom. The molecule has 0 bridgehead atoms. The zero-order valence-electron chi connectivity index (χ0n) is 15.5. The van der Waals surface area contributed by atoms with Gasteiger partial charge in [-0.15, -0.1) is 0 Å². The zero-order chi connectivity index (χ0) is 19.0. The molecule has 0 aliphatic carbocycles. The summed E-state index contributed by atoms with van der Waals surface area (Å²) in [5, 5.41) is 4.63. The Hall–Kier alpha value is -1.60. The molecule has 25 heavy (non-hydrogen) atoms. The molecular weight excluding hydrogens is 345 g/mol. The van der Waals surface area contributed by atoms with Gasteiger partial charge in [0.05, 0.1) is 22.6 Å². The number of aryl methyl sites for hydroxylation is 1. The first kappa shape index (κ1) is 19.7. The molecule has 0 fully saturated rings. The first-order valence-electron chi connectivity index (χ1n) is 8.16. The third kappa shape index (κ3) is 4.95. The minimum Gasteiger partial charge on any atom is -0.413 e. The minimum absolute atomic E-state index is 0.173. The number of hydrogen-bond acceptors (Lipinski definition) is 2. The second kappa shape index (κ2) is 6.61. The molecule has 3 nitrogen and oxygen atoms in total. The summed E-state index contributed by atoms with van der Waals surface area (Å²) in [6.07, 6.45) is -4.33. The van der Waals surface area contributed by atoms with Crippen molar-refractivity contribution in [3.63, 3.8) is 0 Å². The van der Waals surface area contributed by atoms with E-state index in [1.165, 1.54) is 12.1 Å². The van der Waals surface area contributed by atoms with Crippen LogP contribution in [0.25, 0.3) is 11.3 Å². The lowest BCUT2D eigenvalue weighted by Gasteiger charge is -2.30. The Kier molecular flexibility index (Phi) is 5.21. The zero-order valence-corrected chi connectivity index (χ0v) is 16.9. The van der Waals surface area contributed by atoms with Gasteiger partial charge in [-0.25, -0.2) is 0 Å². The fourth-order valence-corrected chi connectivity index (χ4v) is 3.41. The number of rotatable bonds is 4. The average Bonchev–Trinajstić information content (AvgIpc) is 2.87. The molecule has 0 radical (unpaired) electrons. The van der Waals surface area contributed by atoms with E-state index >= 15 is 0 Å². The second-order valence-electron chi connectivity index (χ2n) is 7.97. The summed E-state index contributed by atoms with van der Waals surface area (Å²) in [5.74, 6) is 0. The van der Waals surface area contributed by atoms with Gasteiger partial charge in [0, 0.05) is 12.6 Å². The predicted octanol–water partition coefficient (Wildman–Crippen LogP) is 4.66. The second-order valence-corrected chi connectivity index (χ2v) is 10.7. The van der Waals surface area contributed by atoms with Crippen LogP contribution >= 0.6 is 0 Å². The first-order valence-corrected chi connectivity index (χ1v) is 9.44. The highest BCUT2D eigenvalue weighted by molar-refractivity contribution is 6.31. The van der Waals surface area contributed by atoms with Gasteiger partial charge in [0.15, 0.2) is 9.76 Å². The van der Waals surface area contributed by atoms with Gasteiger partial charge in [0.2, 0.25) is 0 Å². The summed E-state index contributed by atoms with van der Waals surface area (Å²) in [4.78, 5) is 0. The summed E-state index contributed by atoms with van der Waals surface area (Å²) in [6, 6.07) is 6.95. The molecule has 0 saturated heterocycles. The van der Waals surface area contributed by atoms with Crippen molar-refractivity contribution in [1.82, 2.24) is 9.78 Å². The number of alkyl halides is 3. The number of hydrogen-bond donors (Lipinski definition) is 0. The van der Waals surface area contributed by atoms with Crippen molar-refractivity contribution in [3.8, 4) is 11.3 Å². The van der Waals surface area contributed by atoms with Crippen LogP contribution in [-0.4, -0.2) is 19.5 Å². The smallest absolute Gasteiger partial charge is 0.413 e. The number of nitrogens with zero attached hydrogens (tertiary/aromatic N) is 2. The highest BCUT2D eigenvalue weighted by atomic mass is 28.2. The third-order valence-electron chi connectivity index (χ3n) is 3.87. The van der Waals surface area contributed by atoms with E-state index < -0.39 is 27.1 Å². The third-order valence-corrected chi connectivity index (χ3v) is 5.60. The van der Waals surface area contributed by atoms with Crippen LogP contribution in [-0.2, 0) is 23.3 Å². The lowest BCUT2D eigenvalue weighted by molar-refractivity contribution is -0.137. The van der Waals surface area contributed by atoms with Crippen molar-refractivity contribution in [2.24, 2.45) is 7.05 Å². The monoisotopic (exact) mass is 370 g/mol. The molecule has 0 unspecified atom stereocenters.